The molecule has 1 saturated heterocycles. The van der Waals surface area contributed by atoms with Gasteiger partial charge in [0.15, 0.2) is 11.5 Å². The van der Waals surface area contributed by atoms with Crippen molar-refractivity contribution in [3.63, 3.8) is 0 Å². The summed E-state index contributed by atoms with van der Waals surface area (Å²) in [5.41, 5.74) is 0.364. The zero-order valence-electron chi connectivity index (χ0n) is 19.3. The van der Waals surface area contributed by atoms with Crippen molar-refractivity contribution in [1.29, 1.82) is 0 Å². The number of rotatable bonds is 8. The first-order chi connectivity index (χ1) is 17.8. The van der Waals surface area contributed by atoms with Gasteiger partial charge >= 0.3 is 6.03 Å². The fourth-order valence-corrected chi connectivity index (χ4v) is 4.06. The number of hydrogen-bond donors (Lipinski definition) is 1. The highest BCUT2D eigenvalue weighted by Crippen LogP contribution is 2.37. The summed E-state index contributed by atoms with van der Waals surface area (Å²) in [6.45, 7) is 0.332. The Morgan fingerprint density at radius 3 is 2.27 bits per heavy atom. The van der Waals surface area contributed by atoms with Crippen LogP contribution in [0.2, 0.25) is 15.1 Å². The van der Waals surface area contributed by atoms with Gasteiger partial charge in [-0.2, -0.15) is 0 Å². The summed E-state index contributed by atoms with van der Waals surface area (Å²) in [6, 6.07) is 15.3. The molecule has 0 bridgehead atoms. The SMILES string of the molecule is COc1cc(/C=C2/C(=O)NC(=O)N(c3ccc(Cl)cc3)C2=O)cc(Cl)c1OCCOc1ccccc1Cl. The molecule has 0 saturated carbocycles. The number of imide groups is 2. The first-order valence-electron chi connectivity index (χ1n) is 10.8. The molecule has 4 amide bonds. The van der Waals surface area contributed by atoms with Crippen LogP contribution in [0.3, 0.4) is 0 Å². The van der Waals surface area contributed by atoms with Crippen LogP contribution in [0.15, 0.2) is 66.2 Å². The standard InChI is InChI=1S/C26H19Cl3N2O6/c1-35-22-14-15(13-20(29)23(22)37-11-10-36-21-5-3-2-4-19(21)28)12-18-24(32)30-26(34)31(25(18)33)17-8-6-16(27)7-9-17/h2-9,12-14H,10-11H2,1H3,(H,30,32,34)/b18-12-. The van der Waals surface area contributed by atoms with E-state index in [1.165, 1.54) is 43.5 Å². The lowest BCUT2D eigenvalue weighted by molar-refractivity contribution is -0.122. The molecule has 8 nitrogen and oxygen atoms in total. The van der Waals surface area contributed by atoms with Crippen molar-refractivity contribution in [1.82, 2.24) is 5.32 Å². The number of amides is 4. The number of benzene rings is 3. The van der Waals surface area contributed by atoms with E-state index in [2.05, 4.69) is 5.32 Å². The molecule has 0 unspecified atom stereocenters. The molecule has 190 valence electrons. The maximum absolute atomic E-state index is 13.1. The largest absolute Gasteiger partial charge is 0.493 e. The second-order valence-corrected chi connectivity index (χ2v) is 8.85. The van der Waals surface area contributed by atoms with Crippen LogP contribution in [0, 0.1) is 0 Å². The Balaban J connectivity index is 1.53. The van der Waals surface area contributed by atoms with Gasteiger partial charge in [0.1, 0.15) is 24.5 Å². The highest BCUT2D eigenvalue weighted by Gasteiger charge is 2.36. The Labute approximate surface area is 227 Å². The molecular weight excluding hydrogens is 543 g/mol. The van der Waals surface area contributed by atoms with E-state index >= 15 is 0 Å². The van der Waals surface area contributed by atoms with Crippen molar-refractivity contribution in [2.45, 2.75) is 0 Å². The van der Waals surface area contributed by atoms with Crippen LogP contribution in [0.5, 0.6) is 17.2 Å². The highest BCUT2D eigenvalue weighted by atomic mass is 35.5. The van der Waals surface area contributed by atoms with E-state index < -0.39 is 17.8 Å². The molecule has 1 heterocycles. The van der Waals surface area contributed by atoms with E-state index in [0.717, 1.165) is 4.90 Å². The molecule has 1 aliphatic heterocycles. The smallest absolute Gasteiger partial charge is 0.335 e. The van der Waals surface area contributed by atoms with E-state index in [0.29, 0.717) is 21.4 Å². The number of halogens is 3. The third-order valence-corrected chi connectivity index (χ3v) is 6.02. The molecule has 1 aliphatic rings. The van der Waals surface area contributed by atoms with Crippen LogP contribution >= 0.6 is 34.8 Å². The van der Waals surface area contributed by atoms with E-state index in [-0.39, 0.29) is 41.0 Å². The van der Waals surface area contributed by atoms with Gasteiger partial charge in [0, 0.05) is 5.02 Å². The summed E-state index contributed by atoms with van der Waals surface area (Å²) in [7, 11) is 1.43. The van der Waals surface area contributed by atoms with Crippen LogP contribution in [-0.4, -0.2) is 38.2 Å². The number of carbonyl (C=O) groups excluding carboxylic acids is 3. The number of methoxy groups -OCH3 is 1. The molecule has 37 heavy (non-hydrogen) atoms. The molecule has 1 N–H and O–H groups in total. The number of para-hydroxylation sites is 1. The third kappa shape index (κ3) is 5.99. The topological polar surface area (TPSA) is 94.2 Å². The average Bonchev–Trinajstić information content (AvgIpc) is 2.87. The van der Waals surface area contributed by atoms with E-state index in [1.807, 2.05) is 0 Å². The Morgan fingerprint density at radius 1 is 0.865 bits per heavy atom. The van der Waals surface area contributed by atoms with Crippen molar-refractivity contribution >= 4 is 64.4 Å². The van der Waals surface area contributed by atoms with E-state index in [9.17, 15) is 14.4 Å². The number of carbonyl (C=O) groups is 3. The Morgan fingerprint density at radius 2 is 1.57 bits per heavy atom. The second kappa shape index (κ2) is 11.6. The van der Waals surface area contributed by atoms with Gasteiger partial charge in [0.05, 0.1) is 22.8 Å². The van der Waals surface area contributed by atoms with Gasteiger partial charge in [-0.05, 0) is 60.2 Å². The van der Waals surface area contributed by atoms with Gasteiger partial charge in [-0.3, -0.25) is 14.9 Å². The van der Waals surface area contributed by atoms with Crippen molar-refractivity contribution < 1.29 is 28.6 Å². The summed E-state index contributed by atoms with van der Waals surface area (Å²) in [5, 5.41) is 3.25. The third-order valence-electron chi connectivity index (χ3n) is 5.17. The lowest BCUT2D eigenvalue weighted by atomic mass is 10.1. The second-order valence-electron chi connectivity index (χ2n) is 7.60. The summed E-state index contributed by atoms with van der Waals surface area (Å²) in [4.78, 5) is 38.8. The van der Waals surface area contributed by atoms with Crippen LogP contribution in [-0.2, 0) is 9.59 Å². The summed E-state index contributed by atoms with van der Waals surface area (Å²) >= 11 is 18.4. The number of anilines is 1. The van der Waals surface area contributed by atoms with E-state index in [4.69, 9.17) is 49.0 Å². The summed E-state index contributed by atoms with van der Waals surface area (Å²) in [5.74, 6) is -0.595. The van der Waals surface area contributed by atoms with E-state index in [1.54, 1.807) is 30.3 Å². The molecule has 0 radical (unpaired) electrons. The lowest BCUT2D eigenvalue weighted by Crippen LogP contribution is -2.54. The molecule has 0 aliphatic carbocycles. The van der Waals surface area contributed by atoms with Gasteiger partial charge < -0.3 is 14.2 Å². The number of ether oxygens (including phenoxy) is 3. The van der Waals surface area contributed by atoms with Gasteiger partial charge in [0.2, 0.25) is 0 Å². The number of hydrogen-bond acceptors (Lipinski definition) is 6. The zero-order valence-corrected chi connectivity index (χ0v) is 21.6. The van der Waals surface area contributed by atoms with Crippen LogP contribution in [0.1, 0.15) is 5.56 Å². The minimum Gasteiger partial charge on any atom is -0.493 e. The Bertz CT molecular complexity index is 1390. The maximum atomic E-state index is 13.1. The number of nitrogens with one attached hydrogen (secondary N) is 1. The molecule has 1 fully saturated rings. The molecule has 3 aromatic carbocycles. The number of urea groups is 1. The minimum absolute atomic E-state index is 0.140. The van der Waals surface area contributed by atoms with Crippen LogP contribution in [0.4, 0.5) is 10.5 Å². The zero-order chi connectivity index (χ0) is 26.5. The first kappa shape index (κ1) is 26.3. The Kier molecular flexibility index (Phi) is 8.23. The molecule has 3 aromatic rings. The monoisotopic (exact) mass is 560 g/mol. The molecule has 11 heteroatoms. The molecule has 0 aromatic heterocycles. The van der Waals surface area contributed by atoms with Crippen molar-refractivity contribution in [3.8, 4) is 17.2 Å². The molecule has 4 rings (SSSR count). The Hall–Kier alpha value is -3.72. The van der Waals surface area contributed by atoms with Crippen LogP contribution in [0.25, 0.3) is 6.08 Å². The maximum Gasteiger partial charge on any atom is 0.335 e. The van der Waals surface area contributed by atoms with Gasteiger partial charge in [-0.25, -0.2) is 9.69 Å². The normalized spacial score (nSPS) is 14.5. The van der Waals surface area contributed by atoms with Crippen molar-refractivity contribution in [3.05, 3.63) is 86.9 Å². The molecule has 0 spiro atoms. The summed E-state index contributed by atoms with van der Waals surface area (Å²) in [6.07, 6.45) is 1.31. The average molecular weight is 562 g/mol. The fraction of sp³-hybridized carbons (Fsp3) is 0.115. The number of barbiturate groups is 1. The van der Waals surface area contributed by atoms with Crippen molar-refractivity contribution in [2.75, 3.05) is 25.2 Å². The predicted molar refractivity (Wildman–Crippen MR) is 141 cm³/mol. The van der Waals surface area contributed by atoms with Crippen molar-refractivity contribution in [2.24, 2.45) is 0 Å². The fourth-order valence-electron chi connectivity index (χ4n) is 3.47. The summed E-state index contributed by atoms with van der Waals surface area (Å²) < 4.78 is 16.8. The molecular formula is C26H19Cl3N2O6. The first-order valence-corrected chi connectivity index (χ1v) is 12.0. The van der Waals surface area contributed by atoms with Gasteiger partial charge in [-0.1, -0.05) is 46.9 Å². The van der Waals surface area contributed by atoms with Gasteiger partial charge in [-0.15, -0.1) is 0 Å². The highest BCUT2D eigenvalue weighted by molar-refractivity contribution is 6.39. The minimum atomic E-state index is -0.868. The lowest BCUT2D eigenvalue weighted by Gasteiger charge is -2.26. The quantitative estimate of drug-likeness (QED) is 0.213. The predicted octanol–water partition coefficient (Wildman–Crippen LogP) is 5.78. The molecule has 0 atom stereocenters. The van der Waals surface area contributed by atoms with Gasteiger partial charge in [0.25, 0.3) is 11.8 Å². The number of nitrogens with zero attached hydrogens (tertiary/aromatic N) is 1. The van der Waals surface area contributed by atoms with Crippen LogP contribution < -0.4 is 24.4 Å².